The van der Waals surface area contributed by atoms with Gasteiger partial charge in [-0.25, -0.2) is 9.97 Å². The smallest absolute Gasteiger partial charge is 0.160 e. The third-order valence-corrected chi connectivity index (χ3v) is 4.66. The summed E-state index contributed by atoms with van der Waals surface area (Å²) in [6.45, 7) is 5.29. The van der Waals surface area contributed by atoms with Crippen molar-refractivity contribution in [3.05, 3.63) is 15.1 Å². The van der Waals surface area contributed by atoms with E-state index in [0.29, 0.717) is 5.92 Å². The van der Waals surface area contributed by atoms with Crippen molar-refractivity contribution in [1.82, 2.24) is 9.97 Å². The molecule has 0 radical (unpaired) electrons. The topological polar surface area (TPSA) is 47.0 Å². The van der Waals surface area contributed by atoms with Crippen molar-refractivity contribution in [2.24, 2.45) is 5.92 Å². The number of rotatable bonds is 8. The van der Waals surface area contributed by atoms with E-state index >= 15 is 0 Å². The number of ether oxygens (including phenoxy) is 1. The molecular formula is C15H24IN3O. The summed E-state index contributed by atoms with van der Waals surface area (Å²) in [4.78, 5) is 9.51. The molecule has 2 rings (SSSR count). The zero-order valence-corrected chi connectivity index (χ0v) is 14.7. The molecule has 112 valence electrons. The van der Waals surface area contributed by atoms with Crippen molar-refractivity contribution in [1.29, 1.82) is 0 Å². The van der Waals surface area contributed by atoms with E-state index in [1.165, 1.54) is 12.8 Å². The number of aryl methyl sites for hydroxylation is 1. The van der Waals surface area contributed by atoms with Crippen molar-refractivity contribution in [3.8, 4) is 0 Å². The minimum absolute atomic E-state index is 0.0600. The second kappa shape index (κ2) is 7.54. The molecule has 1 unspecified atom stereocenters. The maximum atomic E-state index is 5.64. The van der Waals surface area contributed by atoms with Crippen LogP contribution >= 0.6 is 22.6 Å². The van der Waals surface area contributed by atoms with Gasteiger partial charge in [-0.3, -0.25) is 0 Å². The molecule has 0 bridgehead atoms. The van der Waals surface area contributed by atoms with Crippen molar-refractivity contribution >= 4 is 28.4 Å². The molecule has 0 spiro atoms. The van der Waals surface area contributed by atoms with Gasteiger partial charge < -0.3 is 10.1 Å². The molecular weight excluding hydrogens is 365 g/mol. The van der Waals surface area contributed by atoms with E-state index in [4.69, 9.17) is 14.7 Å². The molecule has 4 nitrogen and oxygen atoms in total. The Morgan fingerprint density at radius 3 is 2.60 bits per heavy atom. The molecule has 1 aromatic heterocycles. The van der Waals surface area contributed by atoms with Gasteiger partial charge in [0.1, 0.15) is 11.9 Å². The standard InChI is InChI=1S/C15H24IN3O/c1-4-6-11-12(16)14(17-9-5-2)19-15(18-11)13(20-3)10-7-8-10/h10,13H,4-9H2,1-3H3,(H,17,18,19). The molecule has 20 heavy (non-hydrogen) atoms. The Morgan fingerprint density at radius 2 is 2.05 bits per heavy atom. The van der Waals surface area contributed by atoms with E-state index in [1.54, 1.807) is 7.11 Å². The van der Waals surface area contributed by atoms with Gasteiger partial charge in [0.2, 0.25) is 0 Å². The van der Waals surface area contributed by atoms with Gasteiger partial charge in [-0.1, -0.05) is 20.3 Å². The Bertz CT molecular complexity index is 449. The summed E-state index contributed by atoms with van der Waals surface area (Å²) in [7, 11) is 1.77. The number of hydrogen-bond acceptors (Lipinski definition) is 4. The first kappa shape index (κ1) is 15.9. The maximum Gasteiger partial charge on any atom is 0.160 e. The number of nitrogens with one attached hydrogen (secondary N) is 1. The number of aromatic nitrogens is 2. The summed E-state index contributed by atoms with van der Waals surface area (Å²) in [6, 6.07) is 0. The summed E-state index contributed by atoms with van der Waals surface area (Å²) in [6.07, 6.45) is 5.71. The van der Waals surface area contributed by atoms with Gasteiger partial charge >= 0.3 is 0 Å². The van der Waals surface area contributed by atoms with Gasteiger partial charge in [0.25, 0.3) is 0 Å². The average Bonchev–Trinajstić information content (AvgIpc) is 3.26. The minimum atomic E-state index is 0.0600. The number of hydrogen-bond donors (Lipinski definition) is 1. The maximum absolute atomic E-state index is 5.64. The fourth-order valence-corrected chi connectivity index (χ4v) is 3.01. The summed E-state index contributed by atoms with van der Waals surface area (Å²) in [5.74, 6) is 2.44. The molecule has 1 aromatic rings. The molecule has 0 aliphatic heterocycles. The van der Waals surface area contributed by atoms with Gasteiger partial charge in [0.05, 0.1) is 9.26 Å². The summed E-state index contributed by atoms with van der Waals surface area (Å²) >= 11 is 2.36. The van der Waals surface area contributed by atoms with Crippen molar-refractivity contribution in [2.45, 2.75) is 52.1 Å². The first-order valence-corrected chi connectivity index (χ1v) is 8.62. The number of anilines is 1. The summed E-state index contributed by atoms with van der Waals surface area (Å²) < 4.78 is 6.80. The van der Waals surface area contributed by atoms with Crippen LogP contribution in [0.2, 0.25) is 0 Å². The molecule has 1 aliphatic carbocycles. The number of methoxy groups -OCH3 is 1. The van der Waals surface area contributed by atoms with E-state index in [9.17, 15) is 0 Å². The predicted molar refractivity (Wildman–Crippen MR) is 90.0 cm³/mol. The van der Waals surface area contributed by atoms with E-state index < -0.39 is 0 Å². The van der Waals surface area contributed by atoms with Crippen molar-refractivity contribution in [2.75, 3.05) is 19.0 Å². The Kier molecular flexibility index (Phi) is 6.01. The van der Waals surface area contributed by atoms with Gasteiger partial charge in [-0.15, -0.1) is 0 Å². The lowest BCUT2D eigenvalue weighted by Crippen LogP contribution is -2.15. The highest BCUT2D eigenvalue weighted by atomic mass is 127. The zero-order chi connectivity index (χ0) is 14.5. The van der Waals surface area contributed by atoms with Gasteiger partial charge in [0.15, 0.2) is 5.82 Å². The van der Waals surface area contributed by atoms with Crippen LogP contribution in [-0.2, 0) is 11.2 Å². The molecule has 1 aliphatic rings. The van der Waals surface area contributed by atoms with Crippen LogP contribution in [0.5, 0.6) is 0 Å². The number of halogens is 1. The Morgan fingerprint density at radius 1 is 1.30 bits per heavy atom. The highest BCUT2D eigenvalue weighted by Gasteiger charge is 2.35. The van der Waals surface area contributed by atoms with Crippen molar-refractivity contribution < 1.29 is 4.74 Å². The molecule has 1 N–H and O–H groups in total. The van der Waals surface area contributed by atoms with Gasteiger partial charge in [-0.05, 0) is 54.2 Å². The third-order valence-electron chi connectivity index (χ3n) is 3.52. The molecule has 5 heteroatoms. The highest BCUT2D eigenvalue weighted by Crippen LogP contribution is 2.42. The largest absolute Gasteiger partial charge is 0.373 e. The van der Waals surface area contributed by atoms with Crippen LogP contribution < -0.4 is 5.32 Å². The van der Waals surface area contributed by atoms with Crippen LogP contribution in [0.15, 0.2) is 0 Å². The first-order valence-electron chi connectivity index (χ1n) is 7.54. The molecule has 0 saturated heterocycles. The van der Waals surface area contributed by atoms with E-state index in [-0.39, 0.29) is 6.10 Å². The SMILES string of the molecule is CCCNc1nc(C(OC)C2CC2)nc(CCC)c1I. The minimum Gasteiger partial charge on any atom is -0.373 e. The van der Waals surface area contributed by atoms with Crippen molar-refractivity contribution in [3.63, 3.8) is 0 Å². The molecule has 0 amide bonds. The number of nitrogens with zero attached hydrogens (tertiary/aromatic N) is 2. The van der Waals surface area contributed by atoms with E-state index in [0.717, 1.165) is 46.7 Å². The summed E-state index contributed by atoms with van der Waals surface area (Å²) in [5, 5.41) is 3.43. The summed E-state index contributed by atoms with van der Waals surface area (Å²) in [5.41, 5.74) is 1.15. The molecule has 1 heterocycles. The molecule has 1 fully saturated rings. The monoisotopic (exact) mass is 389 g/mol. The molecule has 1 saturated carbocycles. The lowest BCUT2D eigenvalue weighted by molar-refractivity contribution is 0.0771. The van der Waals surface area contributed by atoms with Crippen LogP contribution in [0.1, 0.15) is 57.2 Å². The van der Waals surface area contributed by atoms with Crippen LogP contribution in [-0.4, -0.2) is 23.6 Å². The predicted octanol–water partition coefficient (Wildman–Crippen LogP) is 3.95. The average molecular weight is 389 g/mol. The highest BCUT2D eigenvalue weighted by molar-refractivity contribution is 14.1. The van der Waals surface area contributed by atoms with Gasteiger partial charge in [0, 0.05) is 13.7 Å². The first-order chi connectivity index (χ1) is 9.71. The fraction of sp³-hybridized carbons (Fsp3) is 0.733. The molecule has 1 atom stereocenters. The van der Waals surface area contributed by atoms with Crippen LogP contribution in [0.25, 0.3) is 0 Å². The van der Waals surface area contributed by atoms with Crippen LogP contribution in [0.3, 0.4) is 0 Å². The lowest BCUT2D eigenvalue weighted by Gasteiger charge is -2.17. The normalized spacial score (nSPS) is 16.2. The Balaban J connectivity index is 2.32. The fourth-order valence-electron chi connectivity index (χ4n) is 2.31. The van der Waals surface area contributed by atoms with E-state index in [1.807, 2.05) is 0 Å². The van der Waals surface area contributed by atoms with Crippen LogP contribution in [0, 0.1) is 9.49 Å². The Labute approximate surface area is 135 Å². The second-order valence-electron chi connectivity index (χ2n) is 5.36. The van der Waals surface area contributed by atoms with E-state index in [2.05, 4.69) is 41.8 Å². The zero-order valence-electron chi connectivity index (χ0n) is 12.6. The Hall–Kier alpha value is -0.430. The third kappa shape index (κ3) is 3.81. The lowest BCUT2D eigenvalue weighted by atomic mass is 10.2. The van der Waals surface area contributed by atoms with Gasteiger partial charge in [-0.2, -0.15) is 0 Å². The second-order valence-corrected chi connectivity index (χ2v) is 6.44. The van der Waals surface area contributed by atoms with Crippen LogP contribution in [0.4, 0.5) is 5.82 Å². The molecule has 0 aromatic carbocycles. The quantitative estimate of drug-likeness (QED) is 0.684.